The smallest absolute Gasteiger partial charge is 0.426 e. The van der Waals surface area contributed by atoms with Crippen LogP contribution in [0.25, 0.3) is 11.6 Å². The van der Waals surface area contributed by atoms with Crippen LogP contribution >= 0.6 is 0 Å². The summed E-state index contributed by atoms with van der Waals surface area (Å²) in [5.74, 6) is -3.05. The molecule has 5 rings (SSSR count). The molecule has 1 aliphatic heterocycles. The topological polar surface area (TPSA) is 126 Å². The summed E-state index contributed by atoms with van der Waals surface area (Å²) in [5, 5.41) is 7.56. The number of nitrogens with zero attached hydrogens (tertiary/aromatic N) is 4. The first-order valence-corrected chi connectivity index (χ1v) is 19.6. The predicted molar refractivity (Wildman–Crippen MR) is 213 cm³/mol. The second kappa shape index (κ2) is 17.5. The Labute approximate surface area is 350 Å². The maximum Gasteiger partial charge on any atom is 0.426 e. The molecule has 330 valence electrons. The standard InChI is InChI=1S/C44H50F6N4O7/c1-39(2,3)29-20-16-19-28(23-29)24-30-21-14-11-15-22-42(44(48,49)50,57-26-27-17-12-10-13-18-27)36-53-52-35(59-36)33-32(25-31(43(45,46)47)34(51-33)58-30)54(37(55)60-40(4,5)6)38(56)61-41(7,8)9/h10-14,16-20,23,25,30H,15,21-22,24,26H2,1-9H3/b14-11-. The van der Waals surface area contributed by atoms with Gasteiger partial charge in [-0.2, -0.15) is 31.2 Å². The summed E-state index contributed by atoms with van der Waals surface area (Å²) < 4.78 is 121. The van der Waals surface area contributed by atoms with Crippen molar-refractivity contribution >= 4 is 17.9 Å². The van der Waals surface area contributed by atoms with Crippen LogP contribution in [0.15, 0.2) is 77.2 Å². The van der Waals surface area contributed by atoms with E-state index in [2.05, 4.69) is 15.2 Å². The van der Waals surface area contributed by atoms with Crippen LogP contribution in [0.1, 0.15) is 110 Å². The molecule has 0 radical (unpaired) electrons. The molecule has 61 heavy (non-hydrogen) atoms. The van der Waals surface area contributed by atoms with Crippen LogP contribution in [0, 0.1) is 0 Å². The fraction of sp³-hybridized carbons (Fsp3) is 0.477. The Morgan fingerprint density at radius 2 is 1.43 bits per heavy atom. The molecule has 0 saturated heterocycles. The maximum atomic E-state index is 15.5. The highest BCUT2D eigenvalue weighted by Gasteiger charge is 2.61. The number of carbonyl (C=O) groups is 2. The molecule has 2 aromatic heterocycles. The summed E-state index contributed by atoms with van der Waals surface area (Å²) in [7, 11) is 0. The minimum Gasteiger partial charge on any atom is -0.473 e. The third-order valence-corrected chi connectivity index (χ3v) is 9.19. The van der Waals surface area contributed by atoms with E-state index in [-0.39, 0.29) is 29.6 Å². The van der Waals surface area contributed by atoms with Gasteiger partial charge in [-0.3, -0.25) is 0 Å². The Hall–Kier alpha value is -5.45. The lowest BCUT2D eigenvalue weighted by atomic mass is 9.85. The number of fused-ring (bicyclic) bond motifs is 5. The number of anilines is 1. The first kappa shape index (κ1) is 46.6. The molecular formula is C44H50F6N4O7. The molecule has 2 unspecified atom stereocenters. The van der Waals surface area contributed by atoms with Crippen molar-refractivity contribution in [3.05, 3.63) is 101 Å². The van der Waals surface area contributed by atoms with Crippen LogP contribution in [0.3, 0.4) is 0 Å². The molecule has 4 bridgehead atoms. The van der Waals surface area contributed by atoms with Crippen LogP contribution in [0.2, 0.25) is 0 Å². The van der Waals surface area contributed by atoms with E-state index in [0.717, 1.165) is 5.56 Å². The van der Waals surface area contributed by atoms with E-state index in [1.165, 1.54) is 53.7 Å². The molecule has 1 aliphatic rings. The predicted octanol–water partition coefficient (Wildman–Crippen LogP) is 11.8. The number of aromatic nitrogens is 3. The summed E-state index contributed by atoms with van der Waals surface area (Å²) >= 11 is 0. The monoisotopic (exact) mass is 860 g/mol. The number of ether oxygens (including phenoxy) is 4. The molecule has 2 atom stereocenters. The summed E-state index contributed by atoms with van der Waals surface area (Å²) in [6.45, 7) is 14.1. The lowest BCUT2D eigenvalue weighted by molar-refractivity contribution is -0.299. The molecule has 17 heteroatoms. The SMILES string of the molecule is CC(C)(C)OC(=O)N(C(=O)OC(C)(C)C)c1cc(C(F)(F)F)c2nc1-c1nnc(o1)C(OCc1ccccc1)(C(F)(F)F)CC/C=C\CC(Cc1cccc(C(C)(C)C)c1)O2. The number of allylic oxidation sites excluding steroid dienone is 1. The van der Waals surface area contributed by atoms with Crippen molar-refractivity contribution in [2.75, 3.05) is 4.90 Å². The fourth-order valence-electron chi connectivity index (χ4n) is 6.25. The Kier molecular flexibility index (Phi) is 13.4. The number of pyridine rings is 1. The molecule has 4 aromatic rings. The van der Waals surface area contributed by atoms with E-state index in [9.17, 15) is 9.59 Å². The van der Waals surface area contributed by atoms with Gasteiger partial charge in [0, 0.05) is 12.8 Å². The largest absolute Gasteiger partial charge is 0.473 e. The van der Waals surface area contributed by atoms with Gasteiger partial charge in [-0.1, -0.05) is 87.5 Å². The van der Waals surface area contributed by atoms with Crippen molar-refractivity contribution in [2.24, 2.45) is 0 Å². The van der Waals surface area contributed by atoms with Gasteiger partial charge in [0.2, 0.25) is 11.5 Å². The average molecular weight is 861 g/mol. The Morgan fingerprint density at radius 1 is 0.803 bits per heavy atom. The molecule has 0 saturated carbocycles. The van der Waals surface area contributed by atoms with Crippen molar-refractivity contribution in [3.8, 4) is 17.5 Å². The molecule has 2 aromatic carbocycles. The Balaban J connectivity index is 1.80. The summed E-state index contributed by atoms with van der Waals surface area (Å²) in [4.78, 5) is 32.0. The van der Waals surface area contributed by atoms with Gasteiger partial charge in [-0.05, 0) is 82.6 Å². The zero-order chi connectivity index (χ0) is 45.2. The number of hydrogen-bond acceptors (Lipinski definition) is 10. The normalized spacial score (nSPS) is 18.4. The van der Waals surface area contributed by atoms with E-state index < -0.39 is 95.1 Å². The van der Waals surface area contributed by atoms with Crippen LogP contribution in [-0.4, -0.2) is 50.9 Å². The fourth-order valence-corrected chi connectivity index (χ4v) is 6.25. The summed E-state index contributed by atoms with van der Waals surface area (Å²) in [6.07, 6.45) is -12.6. The first-order chi connectivity index (χ1) is 28.2. The van der Waals surface area contributed by atoms with Crippen LogP contribution in [-0.2, 0) is 44.4 Å². The number of alkyl halides is 6. The highest BCUT2D eigenvalue weighted by molar-refractivity contribution is 6.11. The molecule has 0 spiro atoms. The Bertz CT molecular complexity index is 2170. The lowest BCUT2D eigenvalue weighted by Gasteiger charge is -2.32. The number of halogens is 6. The molecule has 0 fully saturated rings. The molecule has 3 heterocycles. The number of amides is 2. The van der Waals surface area contributed by atoms with E-state index in [0.29, 0.717) is 17.2 Å². The van der Waals surface area contributed by atoms with Crippen molar-refractivity contribution in [1.29, 1.82) is 0 Å². The highest BCUT2D eigenvalue weighted by atomic mass is 19.4. The minimum absolute atomic E-state index is 0.0453. The number of carbonyl (C=O) groups excluding carboxylic acids is 2. The number of imide groups is 1. The van der Waals surface area contributed by atoms with Gasteiger partial charge >= 0.3 is 24.5 Å². The number of rotatable bonds is 6. The van der Waals surface area contributed by atoms with Gasteiger partial charge in [-0.25, -0.2) is 14.6 Å². The lowest BCUT2D eigenvalue weighted by Crippen LogP contribution is -2.45. The highest BCUT2D eigenvalue weighted by Crippen LogP contribution is 2.48. The van der Waals surface area contributed by atoms with Gasteiger partial charge in [0.05, 0.1) is 12.3 Å². The molecular weight excluding hydrogens is 810 g/mol. The third-order valence-electron chi connectivity index (χ3n) is 9.19. The molecule has 2 amide bonds. The zero-order valence-electron chi connectivity index (χ0n) is 35.5. The van der Waals surface area contributed by atoms with E-state index in [1.54, 1.807) is 36.4 Å². The first-order valence-electron chi connectivity index (χ1n) is 19.6. The van der Waals surface area contributed by atoms with Crippen LogP contribution < -0.4 is 9.64 Å². The number of benzene rings is 2. The quantitative estimate of drug-likeness (QED) is 0.137. The van der Waals surface area contributed by atoms with E-state index in [4.69, 9.17) is 23.4 Å². The van der Waals surface area contributed by atoms with E-state index >= 15 is 26.3 Å². The van der Waals surface area contributed by atoms with Crippen molar-refractivity contribution < 1.29 is 59.3 Å². The molecule has 0 N–H and O–H groups in total. The summed E-state index contributed by atoms with van der Waals surface area (Å²) in [5.41, 5.74) is -7.43. The zero-order valence-corrected chi connectivity index (χ0v) is 35.5. The van der Waals surface area contributed by atoms with Crippen molar-refractivity contribution in [2.45, 2.75) is 135 Å². The van der Waals surface area contributed by atoms with Crippen molar-refractivity contribution in [1.82, 2.24) is 15.2 Å². The maximum absolute atomic E-state index is 15.5. The van der Waals surface area contributed by atoms with Gasteiger partial charge in [0.1, 0.15) is 22.9 Å². The Morgan fingerprint density at radius 3 is 2.00 bits per heavy atom. The van der Waals surface area contributed by atoms with Crippen LogP contribution in [0.5, 0.6) is 5.88 Å². The van der Waals surface area contributed by atoms with Crippen LogP contribution in [0.4, 0.5) is 41.6 Å². The van der Waals surface area contributed by atoms with Gasteiger partial charge < -0.3 is 23.4 Å². The summed E-state index contributed by atoms with van der Waals surface area (Å²) in [6, 6.07) is 15.8. The second-order valence-electron chi connectivity index (χ2n) is 17.7. The molecule has 11 nitrogen and oxygen atoms in total. The number of hydrogen-bond donors (Lipinski definition) is 0. The third kappa shape index (κ3) is 11.7. The van der Waals surface area contributed by atoms with Gasteiger partial charge in [0.25, 0.3) is 11.8 Å². The second-order valence-corrected chi connectivity index (χ2v) is 17.7. The average Bonchev–Trinajstić information content (AvgIpc) is 3.61. The van der Waals surface area contributed by atoms with Gasteiger partial charge in [-0.15, -0.1) is 10.2 Å². The molecule has 0 aliphatic carbocycles. The van der Waals surface area contributed by atoms with E-state index in [1.807, 2.05) is 39.0 Å². The van der Waals surface area contributed by atoms with Gasteiger partial charge in [0.15, 0.2) is 5.69 Å². The van der Waals surface area contributed by atoms with Crippen molar-refractivity contribution in [3.63, 3.8) is 0 Å². The minimum atomic E-state index is -5.24.